The zero-order valence-electron chi connectivity index (χ0n) is 15.7. The molecule has 148 valence electrons. The lowest BCUT2D eigenvalue weighted by Crippen LogP contribution is -2.36. The Bertz CT molecular complexity index is 1100. The van der Waals surface area contributed by atoms with Gasteiger partial charge in [-0.1, -0.05) is 48.0 Å². The van der Waals surface area contributed by atoms with E-state index in [2.05, 4.69) is 15.6 Å². The van der Waals surface area contributed by atoms with Crippen molar-refractivity contribution in [2.45, 2.75) is 13.5 Å². The SMILES string of the molecule is CCNC(=O)c1cnc(-c2ccccc2)n(CC(=O)Nc2cccc(Cl)c2)c1=O. The molecule has 1 aromatic heterocycles. The van der Waals surface area contributed by atoms with E-state index >= 15 is 0 Å². The minimum atomic E-state index is -0.592. The van der Waals surface area contributed by atoms with Crippen molar-refractivity contribution in [3.05, 3.63) is 81.7 Å². The highest BCUT2D eigenvalue weighted by Gasteiger charge is 2.18. The minimum absolute atomic E-state index is 0.123. The van der Waals surface area contributed by atoms with Crippen LogP contribution in [-0.2, 0) is 11.3 Å². The van der Waals surface area contributed by atoms with Gasteiger partial charge in [-0.2, -0.15) is 0 Å². The Morgan fingerprint density at radius 1 is 1.10 bits per heavy atom. The van der Waals surface area contributed by atoms with Gasteiger partial charge < -0.3 is 10.6 Å². The summed E-state index contributed by atoms with van der Waals surface area (Å²) in [4.78, 5) is 42.1. The molecule has 3 aromatic rings. The fourth-order valence-corrected chi connectivity index (χ4v) is 2.97. The van der Waals surface area contributed by atoms with Crippen LogP contribution in [-0.4, -0.2) is 27.9 Å². The summed E-state index contributed by atoms with van der Waals surface area (Å²) in [6.45, 7) is 1.81. The number of carbonyl (C=O) groups is 2. The first kappa shape index (κ1) is 20.3. The summed E-state index contributed by atoms with van der Waals surface area (Å²) in [5.74, 6) is -0.681. The molecule has 0 spiro atoms. The molecular formula is C21H19ClN4O3. The first-order chi connectivity index (χ1) is 14.0. The molecule has 0 radical (unpaired) electrons. The van der Waals surface area contributed by atoms with Crippen molar-refractivity contribution in [2.75, 3.05) is 11.9 Å². The Morgan fingerprint density at radius 2 is 1.86 bits per heavy atom. The maximum Gasteiger partial charge on any atom is 0.267 e. The summed E-state index contributed by atoms with van der Waals surface area (Å²) in [5, 5.41) is 5.76. The summed E-state index contributed by atoms with van der Waals surface area (Å²) in [6.07, 6.45) is 1.24. The van der Waals surface area contributed by atoms with E-state index in [1.54, 1.807) is 55.5 Å². The highest BCUT2D eigenvalue weighted by Crippen LogP contribution is 2.17. The van der Waals surface area contributed by atoms with Gasteiger partial charge in [0.25, 0.3) is 11.5 Å². The van der Waals surface area contributed by atoms with E-state index in [0.29, 0.717) is 28.6 Å². The van der Waals surface area contributed by atoms with Gasteiger partial charge in [0.2, 0.25) is 5.91 Å². The second-order valence-electron chi connectivity index (χ2n) is 6.17. The van der Waals surface area contributed by atoms with Crippen molar-refractivity contribution in [1.29, 1.82) is 0 Å². The highest BCUT2D eigenvalue weighted by atomic mass is 35.5. The second-order valence-corrected chi connectivity index (χ2v) is 6.61. The van der Waals surface area contributed by atoms with E-state index in [9.17, 15) is 14.4 Å². The molecule has 8 heteroatoms. The first-order valence-electron chi connectivity index (χ1n) is 8.98. The predicted octanol–water partition coefficient (Wildman–Crippen LogP) is 2.95. The van der Waals surface area contributed by atoms with Gasteiger partial charge in [-0.15, -0.1) is 0 Å². The molecule has 0 aliphatic carbocycles. The first-order valence-corrected chi connectivity index (χ1v) is 9.36. The molecule has 0 fully saturated rings. The third-order valence-electron chi connectivity index (χ3n) is 4.07. The molecule has 0 saturated heterocycles. The number of amides is 2. The molecule has 0 bridgehead atoms. The van der Waals surface area contributed by atoms with Gasteiger partial charge >= 0.3 is 0 Å². The molecule has 7 nitrogen and oxygen atoms in total. The highest BCUT2D eigenvalue weighted by molar-refractivity contribution is 6.30. The van der Waals surface area contributed by atoms with Crippen molar-refractivity contribution in [1.82, 2.24) is 14.9 Å². The fraction of sp³-hybridized carbons (Fsp3) is 0.143. The van der Waals surface area contributed by atoms with Crippen LogP contribution in [0.2, 0.25) is 5.02 Å². The number of hydrogen-bond acceptors (Lipinski definition) is 4. The number of nitrogens with zero attached hydrogens (tertiary/aromatic N) is 2. The van der Waals surface area contributed by atoms with E-state index in [1.165, 1.54) is 10.8 Å². The Hall–Kier alpha value is -3.45. The number of hydrogen-bond donors (Lipinski definition) is 2. The number of aromatic nitrogens is 2. The number of halogens is 1. The van der Waals surface area contributed by atoms with Crippen molar-refractivity contribution >= 4 is 29.1 Å². The van der Waals surface area contributed by atoms with Crippen LogP contribution in [0.5, 0.6) is 0 Å². The van der Waals surface area contributed by atoms with Crippen LogP contribution in [0.4, 0.5) is 5.69 Å². The molecule has 0 aliphatic rings. The molecule has 29 heavy (non-hydrogen) atoms. The van der Waals surface area contributed by atoms with E-state index < -0.39 is 17.4 Å². The molecule has 1 heterocycles. The molecular weight excluding hydrogens is 392 g/mol. The van der Waals surface area contributed by atoms with Gasteiger partial charge in [0, 0.05) is 29.0 Å². The van der Waals surface area contributed by atoms with Crippen molar-refractivity contribution in [2.24, 2.45) is 0 Å². The number of rotatable bonds is 6. The van der Waals surface area contributed by atoms with Gasteiger partial charge in [0.05, 0.1) is 0 Å². The lowest BCUT2D eigenvalue weighted by molar-refractivity contribution is -0.116. The number of anilines is 1. The average molecular weight is 411 g/mol. The van der Waals surface area contributed by atoms with Gasteiger partial charge in [0.1, 0.15) is 17.9 Å². The summed E-state index contributed by atoms with van der Waals surface area (Å²) in [7, 11) is 0. The maximum atomic E-state index is 13.0. The molecule has 0 aliphatic heterocycles. The van der Waals surface area contributed by atoms with E-state index in [0.717, 1.165) is 0 Å². The third-order valence-corrected chi connectivity index (χ3v) is 4.31. The molecule has 3 rings (SSSR count). The normalized spacial score (nSPS) is 10.4. The lowest BCUT2D eigenvalue weighted by atomic mass is 10.2. The van der Waals surface area contributed by atoms with Gasteiger partial charge in [-0.05, 0) is 25.1 Å². The van der Waals surface area contributed by atoms with Gasteiger partial charge in [-0.25, -0.2) is 4.98 Å². The summed E-state index contributed by atoms with van der Waals surface area (Å²) < 4.78 is 1.19. The standard InChI is InChI=1S/C21H19ClN4O3/c1-2-23-20(28)17-12-24-19(14-7-4-3-5-8-14)26(21(17)29)13-18(27)25-16-10-6-9-15(22)11-16/h3-12H,2,13H2,1H3,(H,23,28)(H,25,27). The smallest absolute Gasteiger partial charge is 0.267 e. The van der Waals surface area contributed by atoms with Crippen molar-refractivity contribution < 1.29 is 9.59 Å². The summed E-state index contributed by atoms with van der Waals surface area (Å²) >= 11 is 5.94. The molecule has 2 N–H and O–H groups in total. The molecule has 0 atom stereocenters. The van der Waals surface area contributed by atoms with Crippen LogP contribution in [0.15, 0.2) is 65.6 Å². The van der Waals surface area contributed by atoms with E-state index in [4.69, 9.17) is 11.6 Å². The Kier molecular flexibility index (Phi) is 6.41. The minimum Gasteiger partial charge on any atom is -0.352 e. The molecule has 0 saturated carbocycles. The Balaban J connectivity index is 1.99. The number of nitrogens with one attached hydrogen (secondary N) is 2. The topological polar surface area (TPSA) is 93.1 Å². The monoisotopic (exact) mass is 410 g/mol. The van der Waals surface area contributed by atoms with Crippen LogP contribution < -0.4 is 16.2 Å². The van der Waals surface area contributed by atoms with Crippen LogP contribution in [0.3, 0.4) is 0 Å². The lowest BCUT2D eigenvalue weighted by Gasteiger charge is -2.14. The maximum absolute atomic E-state index is 13.0. The van der Waals surface area contributed by atoms with Crippen LogP contribution in [0.1, 0.15) is 17.3 Å². The second kappa shape index (κ2) is 9.16. The predicted molar refractivity (Wildman–Crippen MR) is 112 cm³/mol. The fourth-order valence-electron chi connectivity index (χ4n) is 2.78. The zero-order valence-corrected chi connectivity index (χ0v) is 16.4. The summed E-state index contributed by atoms with van der Waals surface area (Å²) in [5.41, 5.74) is 0.445. The Morgan fingerprint density at radius 3 is 2.55 bits per heavy atom. The Labute approximate surface area is 172 Å². The van der Waals surface area contributed by atoms with E-state index in [-0.39, 0.29) is 12.1 Å². The number of carbonyl (C=O) groups excluding carboxylic acids is 2. The van der Waals surface area contributed by atoms with E-state index in [1.807, 2.05) is 6.07 Å². The number of benzene rings is 2. The quantitative estimate of drug-likeness (QED) is 0.653. The molecule has 2 aromatic carbocycles. The van der Waals surface area contributed by atoms with Crippen LogP contribution >= 0.6 is 11.6 Å². The molecule has 0 unspecified atom stereocenters. The summed E-state index contributed by atoms with van der Waals surface area (Å²) in [6, 6.07) is 15.7. The zero-order chi connectivity index (χ0) is 20.8. The third kappa shape index (κ3) is 4.89. The molecule has 2 amide bonds. The van der Waals surface area contributed by atoms with Crippen molar-refractivity contribution in [3.8, 4) is 11.4 Å². The average Bonchev–Trinajstić information content (AvgIpc) is 2.70. The van der Waals surface area contributed by atoms with Gasteiger partial charge in [0.15, 0.2) is 0 Å². The van der Waals surface area contributed by atoms with Crippen LogP contribution in [0, 0.1) is 0 Å². The van der Waals surface area contributed by atoms with Crippen molar-refractivity contribution in [3.63, 3.8) is 0 Å². The largest absolute Gasteiger partial charge is 0.352 e. The van der Waals surface area contributed by atoms with Gasteiger partial charge in [-0.3, -0.25) is 19.0 Å². The van der Waals surface area contributed by atoms with Crippen LogP contribution in [0.25, 0.3) is 11.4 Å².